The monoisotopic (exact) mass is 330 g/mol. The molecule has 0 bridgehead atoms. The highest BCUT2D eigenvalue weighted by Gasteiger charge is 2.38. The average molecular weight is 331 g/mol. The van der Waals surface area contributed by atoms with Gasteiger partial charge < -0.3 is 5.32 Å². The van der Waals surface area contributed by atoms with Gasteiger partial charge in [0.25, 0.3) is 10.0 Å². The van der Waals surface area contributed by atoms with E-state index >= 15 is 0 Å². The van der Waals surface area contributed by atoms with Crippen molar-refractivity contribution in [2.24, 2.45) is 5.92 Å². The van der Waals surface area contributed by atoms with Gasteiger partial charge in [-0.25, -0.2) is 8.42 Å². The van der Waals surface area contributed by atoms with Crippen LogP contribution >= 0.6 is 11.3 Å². The van der Waals surface area contributed by atoms with E-state index in [2.05, 4.69) is 26.1 Å². The molecule has 2 rings (SSSR count). The van der Waals surface area contributed by atoms with E-state index in [-0.39, 0.29) is 6.04 Å². The van der Waals surface area contributed by atoms with Crippen molar-refractivity contribution in [3.63, 3.8) is 0 Å². The quantitative estimate of drug-likeness (QED) is 0.708. The lowest BCUT2D eigenvalue weighted by Gasteiger charge is -2.22. The lowest BCUT2D eigenvalue weighted by atomic mass is 10.2. The molecule has 1 N–H and O–H groups in total. The van der Waals surface area contributed by atoms with E-state index in [1.165, 1.54) is 11.3 Å². The summed E-state index contributed by atoms with van der Waals surface area (Å²) in [5.74, 6) is 0.355. The van der Waals surface area contributed by atoms with E-state index in [0.717, 1.165) is 37.2 Å². The van der Waals surface area contributed by atoms with Crippen LogP contribution in [0.25, 0.3) is 0 Å². The normalized spacial score (nSPS) is 16.0. The highest BCUT2D eigenvalue weighted by molar-refractivity contribution is 7.91. The Bertz CT molecular complexity index is 548. The second kappa shape index (κ2) is 7.22. The van der Waals surface area contributed by atoms with Crippen LogP contribution in [0.15, 0.2) is 16.3 Å². The summed E-state index contributed by atoms with van der Waals surface area (Å²) in [5, 5.41) is 3.27. The Balaban J connectivity index is 2.10. The van der Waals surface area contributed by atoms with Crippen molar-refractivity contribution >= 4 is 21.4 Å². The third-order valence-corrected chi connectivity index (χ3v) is 7.03. The van der Waals surface area contributed by atoms with E-state index < -0.39 is 10.0 Å². The van der Waals surface area contributed by atoms with Crippen LogP contribution in [-0.2, 0) is 16.4 Å². The Morgan fingerprint density at radius 3 is 2.67 bits per heavy atom. The van der Waals surface area contributed by atoms with E-state index in [1.54, 1.807) is 10.4 Å². The van der Waals surface area contributed by atoms with Crippen molar-refractivity contribution < 1.29 is 8.42 Å². The smallest absolute Gasteiger partial charge is 0.252 e. The minimum absolute atomic E-state index is 0.227. The molecule has 0 aromatic carbocycles. The first kappa shape index (κ1) is 16.9. The van der Waals surface area contributed by atoms with E-state index in [1.807, 2.05) is 6.07 Å². The molecule has 1 aromatic rings. The van der Waals surface area contributed by atoms with Gasteiger partial charge in [0.15, 0.2) is 0 Å². The molecular formula is C15H26N2O2S2. The van der Waals surface area contributed by atoms with Crippen molar-refractivity contribution in [1.29, 1.82) is 0 Å². The zero-order valence-corrected chi connectivity index (χ0v) is 14.8. The van der Waals surface area contributed by atoms with Crippen LogP contribution in [0.4, 0.5) is 0 Å². The molecule has 1 fully saturated rings. The molecule has 120 valence electrons. The number of likely N-dealkylation sites (N-methyl/N-ethyl adjacent to an activating group) is 1. The first-order valence-electron chi connectivity index (χ1n) is 7.76. The standard InChI is InChI=1S/C15H26N2O2S2/c1-4-16-10-9-14-7-8-15(20-14)21(18,19)17(11-12(2)3)13-5-6-13/h7-8,12-13,16H,4-6,9-11H2,1-3H3. The summed E-state index contributed by atoms with van der Waals surface area (Å²) in [6.45, 7) is 8.68. The molecule has 0 radical (unpaired) electrons. The molecule has 1 aliphatic rings. The summed E-state index contributed by atoms with van der Waals surface area (Å²) in [6, 6.07) is 3.96. The third kappa shape index (κ3) is 4.52. The molecule has 1 heterocycles. The van der Waals surface area contributed by atoms with E-state index in [4.69, 9.17) is 0 Å². The Hall–Kier alpha value is -0.430. The van der Waals surface area contributed by atoms with Crippen LogP contribution in [0.3, 0.4) is 0 Å². The van der Waals surface area contributed by atoms with Gasteiger partial charge in [-0.05, 0) is 50.4 Å². The van der Waals surface area contributed by atoms with Crippen LogP contribution in [0, 0.1) is 5.92 Å². The minimum atomic E-state index is -3.31. The van der Waals surface area contributed by atoms with Crippen molar-refractivity contribution in [3.8, 4) is 0 Å². The van der Waals surface area contributed by atoms with Crippen LogP contribution in [-0.4, -0.2) is 38.4 Å². The second-order valence-electron chi connectivity index (χ2n) is 6.02. The fourth-order valence-corrected chi connectivity index (χ4v) is 5.63. The number of hydrogen-bond acceptors (Lipinski definition) is 4. The highest BCUT2D eigenvalue weighted by Crippen LogP contribution is 2.34. The Morgan fingerprint density at radius 1 is 1.38 bits per heavy atom. The molecule has 0 spiro atoms. The Kier molecular flexibility index (Phi) is 5.82. The maximum atomic E-state index is 12.8. The molecule has 4 nitrogen and oxygen atoms in total. The zero-order chi connectivity index (χ0) is 15.5. The third-order valence-electron chi connectivity index (χ3n) is 3.50. The fraction of sp³-hybridized carbons (Fsp3) is 0.733. The number of hydrogen-bond donors (Lipinski definition) is 1. The van der Waals surface area contributed by atoms with Crippen LogP contribution in [0.2, 0.25) is 0 Å². The minimum Gasteiger partial charge on any atom is -0.317 e. The number of sulfonamides is 1. The van der Waals surface area contributed by atoms with Gasteiger partial charge in [-0.1, -0.05) is 20.8 Å². The molecule has 0 aliphatic heterocycles. The first-order chi connectivity index (χ1) is 9.95. The number of nitrogens with zero attached hydrogens (tertiary/aromatic N) is 1. The lowest BCUT2D eigenvalue weighted by molar-refractivity contribution is 0.361. The van der Waals surface area contributed by atoms with Crippen LogP contribution < -0.4 is 5.32 Å². The summed E-state index contributed by atoms with van der Waals surface area (Å²) in [5.41, 5.74) is 0. The summed E-state index contributed by atoms with van der Waals surface area (Å²) < 4.78 is 27.8. The maximum Gasteiger partial charge on any atom is 0.252 e. The molecule has 0 atom stereocenters. The van der Waals surface area contributed by atoms with Gasteiger partial charge in [0.05, 0.1) is 0 Å². The van der Waals surface area contributed by atoms with Crippen LogP contribution in [0.1, 0.15) is 38.5 Å². The molecular weight excluding hydrogens is 304 g/mol. The van der Waals surface area contributed by atoms with Gasteiger partial charge in [0.2, 0.25) is 0 Å². The van der Waals surface area contributed by atoms with Gasteiger partial charge in [0, 0.05) is 17.5 Å². The SMILES string of the molecule is CCNCCc1ccc(S(=O)(=O)N(CC(C)C)C2CC2)s1. The van der Waals surface area contributed by atoms with Gasteiger partial charge in [-0.15, -0.1) is 11.3 Å². The highest BCUT2D eigenvalue weighted by atomic mass is 32.2. The zero-order valence-electron chi connectivity index (χ0n) is 13.1. The molecule has 1 aromatic heterocycles. The average Bonchev–Trinajstić information content (AvgIpc) is 3.14. The first-order valence-corrected chi connectivity index (χ1v) is 10.0. The molecule has 6 heteroatoms. The summed E-state index contributed by atoms with van der Waals surface area (Å²) in [7, 11) is -3.31. The van der Waals surface area contributed by atoms with E-state index in [9.17, 15) is 8.42 Å². The summed E-state index contributed by atoms with van der Waals surface area (Å²) >= 11 is 1.42. The Labute approximate surface area is 132 Å². The molecule has 1 saturated carbocycles. The molecule has 1 aliphatic carbocycles. The maximum absolute atomic E-state index is 12.8. The fourth-order valence-electron chi connectivity index (χ4n) is 2.30. The van der Waals surface area contributed by atoms with Crippen molar-refractivity contribution in [3.05, 3.63) is 17.0 Å². The van der Waals surface area contributed by atoms with Crippen molar-refractivity contribution in [2.45, 2.75) is 50.3 Å². The molecule has 0 unspecified atom stereocenters. The number of nitrogens with one attached hydrogen (secondary N) is 1. The molecule has 21 heavy (non-hydrogen) atoms. The molecule has 0 amide bonds. The Morgan fingerprint density at radius 2 is 2.10 bits per heavy atom. The molecule has 0 saturated heterocycles. The van der Waals surface area contributed by atoms with Crippen molar-refractivity contribution in [2.75, 3.05) is 19.6 Å². The van der Waals surface area contributed by atoms with Gasteiger partial charge in [-0.3, -0.25) is 0 Å². The predicted octanol–water partition coefficient (Wildman–Crippen LogP) is 2.71. The van der Waals surface area contributed by atoms with Crippen molar-refractivity contribution in [1.82, 2.24) is 9.62 Å². The largest absolute Gasteiger partial charge is 0.317 e. The van der Waals surface area contributed by atoms with Gasteiger partial charge in [0.1, 0.15) is 4.21 Å². The topological polar surface area (TPSA) is 49.4 Å². The van der Waals surface area contributed by atoms with Gasteiger partial charge in [-0.2, -0.15) is 4.31 Å². The second-order valence-corrected chi connectivity index (χ2v) is 9.31. The summed E-state index contributed by atoms with van der Waals surface area (Å²) in [6.07, 6.45) is 2.90. The number of thiophene rings is 1. The summed E-state index contributed by atoms with van der Waals surface area (Å²) in [4.78, 5) is 1.13. The van der Waals surface area contributed by atoms with Crippen LogP contribution in [0.5, 0.6) is 0 Å². The van der Waals surface area contributed by atoms with Gasteiger partial charge >= 0.3 is 0 Å². The predicted molar refractivity (Wildman–Crippen MR) is 88.3 cm³/mol. The lowest BCUT2D eigenvalue weighted by Crippen LogP contribution is -2.35. The number of rotatable bonds is 9. The van der Waals surface area contributed by atoms with E-state index in [0.29, 0.717) is 16.7 Å².